The number of nitrogens with zero attached hydrogens (tertiary/aromatic N) is 4. The van der Waals surface area contributed by atoms with E-state index >= 15 is 0 Å². The molecule has 3 heterocycles. The van der Waals surface area contributed by atoms with Crippen molar-refractivity contribution in [1.82, 2.24) is 24.3 Å². The third-order valence-electron chi connectivity index (χ3n) is 4.32. The number of rotatable bonds is 5. The number of fused-ring (bicyclic) bond motifs is 2. The fourth-order valence-electron chi connectivity index (χ4n) is 2.99. The van der Waals surface area contributed by atoms with Gasteiger partial charge in [0.15, 0.2) is 0 Å². The Morgan fingerprint density at radius 3 is 2.83 bits per heavy atom. The van der Waals surface area contributed by atoms with E-state index in [-0.39, 0.29) is 19.0 Å². The molecule has 0 radical (unpaired) electrons. The molecule has 29 heavy (non-hydrogen) atoms. The van der Waals surface area contributed by atoms with Crippen LogP contribution in [0.15, 0.2) is 49.1 Å². The number of carboxylic acid groups (broad SMARTS) is 1. The van der Waals surface area contributed by atoms with Crippen LogP contribution in [0.1, 0.15) is 21.6 Å². The van der Waals surface area contributed by atoms with Crippen molar-refractivity contribution in [1.29, 1.82) is 0 Å². The summed E-state index contributed by atoms with van der Waals surface area (Å²) in [4.78, 5) is 29.6. The van der Waals surface area contributed by atoms with E-state index in [1.807, 2.05) is 46.5 Å². The largest absolute Gasteiger partial charge is 0.483 e. The number of nitrogens with one attached hydrogen (secondary N) is 1. The smallest absolute Gasteiger partial charge is 0.290 e. The van der Waals surface area contributed by atoms with E-state index in [0.717, 1.165) is 27.9 Å². The summed E-state index contributed by atoms with van der Waals surface area (Å²) in [6.45, 7) is 2.66. The van der Waals surface area contributed by atoms with Gasteiger partial charge in [-0.3, -0.25) is 9.59 Å². The van der Waals surface area contributed by atoms with Crippen molar-refractivity contribution in [3.05, 3.63) is 65.9 Å². The zero-order chi connectivity index (χ0) is 20.8. The highest BCUT2D eigenvalue weighted by Crippen LogP contribution is 2.15. The van der Waals surface area contributed by atoms with Crippen LogP contribution >= 0.6 is 0 Å². The number of hydrogen-bond donors (Lipinski definition) is 3. The molecule has 0 fully saturated rings. The molecule has 0 bridgehead atoms. The first-order chi connectivity index (χ1) is 14.0. The fraction of sp³-hybridized carbons (Fsp3) is 0.200. The SMILES string of the molecule is Cc1ccn2cc(CNC(=O)c3ccc4c(c3)ncn4CCO)nc2c1.O=CO. The van der Waals surface area contributed by atoms with Gasteiger partial charge in [0.2, 0.25) is 0 Å². The second-order valence-corrected chi connectivity index (χ2v) is 6.35. The van der Waals surface area contributed by atoms with Crippen LogP contribution in [0, 0.1) is 6.92 Å². The van der Waals surface area contributed by atoms with Crippen LogP contribution in [-0.2, 0) is 17.9 Å². The molecule has 3 N–H and O–H groups in total. The minimum Gasteiger partial charge on any atom is -0.483 e. The fourth-order valence-corrected chi connectivity index (χ4v) is 2.99. The third kappa shape index (κ3) is 4.58. The number of aliphatic hydroxyl groups is 1. The average molecular weight is 395 g/mol. The number of carbonyl (C=O) groups excluding carboxylic acids is 1. The number of carbonyl (C=O) groups is 2. The molecule has 4 aromatic rings. The second-order valence-electron chi connectivity index (χ2n) is 6.35. The predicted molar refractivity (Wildman–Crippen MR) is 107 cm³/mol. The predicted octanol–water partition coefficient (Wildman–Crippen LogP) is 1.62. The molecule has 0 aliphatic carbocycles. The molecule has 9 nitrogen and oxygen atoms in total. The highest BCUT2D eigenvalue weighted by atomic mass is 16.3. The number of aliphatic hydroxyl groups excluding tert-OH is 1. The van der Waals surface area contributed by atoms with E-state index in [1.54, 1.807) is 18.5 Å². The van der Waals surface area contributed by atoms with Crippen molar-refractivity contribution in [3.63, 3.8) is 0 Å². The summed E-state index contributed by atoms with van der Waals surface area (Å²) in [6.07, 6.45) is 5.54. The number of benzene rings is 1. The Kier molecular flexibility index (Phi) is 6.20. The maximum absolute atomic E-state index is 12.4. The van der Waals surface area contributed by atoms with Crippen LogP contribution in [0.5, 0.6) is 0 Å². The van der Waals surface area contributed by atoms with E-state index in [2.05, 4.69) is 15.3 Å². The zero-order valence-electron chi connectivity index (χ0n) is 15.8. The summed E-state index contributed by atoms with van der Waals surface area (Å²) >= 11 is 0. The molecule has 150 valence electrons. The topological polar surface area (TPSA) is 122 Å². The first-order valence-corrected chi connectivity index (χ1v) is 8.91. The lowest BCUT2D eigenvalue weighted by molar-refractivity contribution is -0.122. The molecule has 0 saturated heterocycles. The van der Waals surface area contributed by atoms with Gasteiger partial charge in [0.1, 0.15) is 5.65 Å². The van der Waals surface area contributed by atoms with E-state index in [4.69, 9.17) is 15.0 Å². The molecule has 0 aliphatic heterocycles. The molecule has 0 spiro atoms. The Morgan fingerprint density at radius 2 is 2.07 bits per heavy atom. The Labute approximate surface area is 166 Å². The number of aromatic nitrogens is 4. The minimum atomic E-state index is -0.250. The van der Waals surface area contributed by atoms with E-state index < -0.39 is 0 Å². The molecule has 0 saturated carbocycles. The van der Waals surface area contributed by atoms with Crippen LogP contribution in [0.3, 0.4) is 0 Å². The number of hydrogen-bond acceptors (Lipinski definition) is 5. The van der Waals surface area contributed by atoms with Crippen molar-refractivity contribution < 1.29 is 19.8 Å². The maximum atomic E-state index is 12.4. The van der Waals surface area contributed by atoms with Gasteiger partial charge in [-0.2, -0.15) is 0 Å². The highest BCUT2D eigenvalue weighted by Gasteiger charge is 2.10. The Balaban J connectivity index is 0.000000755. The lowest BCUT2D eigenvalue weighted by atomic mass is 10.2. The van der Waals surface area contributed by atoms with Gasteiger partial charge < -0.3 is 24.5 Å². The van der Waals surface area contributed by atoms with Gasteiger partial charge in [-0.15, -0.1) is 0 Å². The quantitative estimate of drug-likeness (QED) is 0.442. The van der Waals surface area contributed by atoms with Gasteiger partial charge in [-0.1, -0.05) is 0 Å². The Hall–Kier alpha value is -3.72. The summed E-state index contributed by atoms with van der Waals surface area (Å²) in [5, 5.41) is 18.9. The number of pyridine rings is 1. The van der Waals surface area contributed by atoms with Crippen LogP contribution < -0.4 is 5.32 Å². The van der Waals surface area contributed by atoms with Gasteiger partial charge in [0.25, 0.3) is 12.4 Å². The molecule has 4 rings (SSSR count). The van der Waals surface area contributed by atoms with E-state index in [1.165, 1.54) is 0 Å². The molecular formula is C20H21N5O4. The first kappa shape index (κ1) is 20.0. The molecule has 3 aromatic heterocycles. The zero-order valence-corrected chi connectivity index (χ0v) is 15.8. The van der Waals surface area contributed by atoms with Gasteiger partial charge >= 0.3 is 0 Å². The molecule has 0 aliphatic rings. The normalized spacial score (nSPS) is 10.6. The highest BCUT2D eigenvalue weighted by molar-refractivity contribution is 5.97. The number of amides is 1. The number of aryl methyl sites for hydroxylation is 1. The lowest BCUT2D eigenvalue weighted by Gasteiger charge is -2.04. The summed E-state index contributed by atoms with van der Waals surface area (Å²) in [7, 11) is 0. The molecule has 0 atom stereocenters. The van der Waals surface area contributed by atoms with Crippen molar-refractivity contribution in [2.75, 3.05) is 6.61 Å². The standard InChI is InChI=1S/C19H19N5O2.CH2O2/c1-13-4-5-23-11-15(22-18(23)8-13)10-20-19(26)14-2-3-17-16(9-14)21-12-24(17)6-7-25;2-1-3/h2-5,8-9,11-12,25H,6-7,10H2,1H3,(H,20,26);1H,(H,2,3). The molecule has 0 unspecified atom stereocenters. The lowest BCUT2D eigenvalue weighted by Crippen LogP contribution is -2.22. The van der Waals surface area contributed by atoms with Crippen molar-refractivity contribution in [3.8, 4) is 0 Å². The Bertz CT molecular complexity index is 1150. The van der Waals surface area contributed by atoms with Gasteiger partial charge in [-0.25, -0.2) is 9.97 Å². The Morgan fingerprint density at radius 1 is 1.28 bits per heavy atom. The van der Waals surface area contributed by atoms with E-state index in [9.17, 15) is 4.79 Å². The molecule has 1 aromatic carbocycles. The minimum absolute atomic E-state index is 0.0479. The summed E-state index contributed by atoms with van der Waals surface area (Å²) < 4.78 is 3.80. The van der Waals surface area contributed by atoms with Crippen LogP contribution in [0.2, 0.25) is 0 Å². The summed E-state index contributed by atoms with van der Waals surface area (Å²) in [6, 6.07) is 9.39. The van der Waals surface area contributed by atoms with Crippen molar-refractivity contribution in [2.24, 2.45) is 0 Å². The van der Waals surface area contributed by atoms with Crippen LogP contribution in [-0.4, -0.2) is 48.1 Å². The monoisotopic (exact) mass is 395 g/mol. The third-order valence-corrected chi connectivity index (χ3v) is 4.32. The van der Waals surface area contributed by atoms with Crippen LogP contribution in [0.25, 0.3) is 16.7 Å². The van der Waals surface area contributed by atoms with Crippen molar-refractivity contribution in [2.45, 2.75) is 20.0 Å². The molecule has 1 amide bonds. The second kappa shape index (κ2) is 8.98. The van der Waals surface area contributed by atoms with Crippen LogP contribution in [0.4, 0.5) is 0 Å². The van der Waals surface area contributed by atoms with E-state index in [0.29, 0.717) is 18.7 Å². The first-order valence-electron chi connectivity index (χ1n) is 8.91. The summed E-state index contributed by atoms with van der Waals surface area (Å²) in [5.74, 6) is -0.170. The molecule has 9 heteroatoms. The van der Waals surface area contributed by atoms with Crippen molar-refractivity contribution >= 4 is 29.1 Å². The van der Waals surface area contributed by atoms with Gasteiger partial charge in [0, 0.05) is 24.5 Å². The maximum Gasteiger partial charge on any atom is 0.290 e. The van der Waals surface area contributed by atoms with Gasteiger partial charge in [0.05, 0.1) is 36.2 Å². The number of imidazole rings is 2. The summed E-state index contributed by atoms with van der Waals surface area (Å²) in [5.41, 5.74) is 4.99. The molecular weight excluding hydrogens is 374 g/mol. The average Bonchev–Trinajstić information content (AvgIpc) is 3.30. The van der Waals surface area contributed by atoms with Gasteiger partial charge in [-0.05, 0) is 42.8 Å².